The molecular weight excluding hydrogens is 456 g/mol. The highest BCUT2D eigenvalue weighted by atomic mass is 16.5. The molecule has 0 saturated carbocycles. The van der Waals surface area contributed by atoms with Crippen LogP contribution < -0.4 is 9.47 Å². The molecule has 0 fully saturated rings. The van der Waals surface area contributed by atoms with Gasteiger partial charge in [-0.3, -0.25) is 9.78 Å². The quantitative estimate of drug-likeness (QED) is 0.283. The lowest BCUT2D eigenvalue weighted by Crippen LogP contribution is -2.22. The Kier molecular flexibility index (Phi) is 5.30. The molecule has 0 radical (unpaired) electrons. The van der Waals surface area contributed by atoms with Crippen molar-refractivity contribution in [2.45, 2.75) is 6.42 Å². The van der Waals surface area contributed by atoms with Crippen LogP contribution in [-0.4, -0.2) is 51.7 Å². The summed E-state index contributed by atoms with van der Waals surface area (Å²) in [7, 11) is 3.20. The number of para-hydroxylation sites is 2. The molecule has 0 amide bonds. The Balaban J connectivity index is 1.44. The number of rotatable bonds is 7. The first-order valence-electron chi connectivity index (χ1n) is 11.6. The molecule has 6 rings (SSSR count). The number of pyridine rings is 2. The summed E-state index contributed by atoms with van der Waals surface area (Å²) >= 11 is 0. The van der Waals surface area contributed by atoms with Gasteiger partial charge in [-0.05, 0) is 18.1 Å². The number of carbonyl (C=O) groups is 1. The molecule has 0 aliphatic rings. The molecule has 0 spiro atoms. The second kappa shape index (κ2) is 8.66. The van der Waals surface area contributed by atoms with Gasteiger partial charge < -0.3 is 24.5 Å². The van der Waals surface area contributed by atoms with Crippen LogP contribution in [-0.2, 0) is 6.42 Å². The maximum atomic E-state index is 13.8. The molecule has 4 aromatic heterocycles. The Labute approximate surface area is 205 Å². The number of ketones is 1. The monoisotopic (exact) mass is 480 g/mol. The van der Waals surface area contributed by atoms with Crippen LogP contribution in [0.15, 0.2) is 61.1 Å². The number of aromatic amines is 2. The maximum absolute atomic E-state index is 13.8. The van der Waals surface area contributed by atoms with Crippen LogP contribution in [0.3, 0.4) is 0 Å². The third kappa shape index (κ3) is 3.30. The van der Waals surface area contributed by atoms with Crippen LogP contribution in [0.1, 0.15) is 16.1 Å². The highest BCUT2D eigenvalue weighted by Crippen LogP contribution is 2.36. The second-order valence-electron chi connectivity index (χ2n) is 8.77. The Morgan fingerprint density at radius 2 is 1.64 bits per heavy atom. The molecule has 0 bridgehead atoms. The molecule has 0 aliphatic carbocycles. The summed E-state index contributed by atoms with van der Waals surface area (Å²) in [4.78, 5) is 29.2. The summed E-state index contributed by atoms with van der Waals surface area (Å²) in [5, 5.41) is 14.0. The average Bonchev–Trinajstić information content (AvgIpc) is 3.50. The Morgan fingerprint density at radius 3 is 2.44 bits per heavy atom. The summed E-state index contributed by atoms with van der Waals surface area (Å²) in [6.45, 7) is -0.310. The normalized spacial score (nSPS) is 12.5. The number of Topliss-reactive ketones (excluding diaryl/α,β-unsaturated/α-hetero) is 1. The number of hydrogen-bond donors (Lipinski definition) is 3. The number of methoxy groups -OCH3 is 2. The summed E-state index contributed by atoms with van der Waals surface area (Å²) in [6, 6.07) is 13.7. The van der Waals surface area contributed by atoms with Crippen LogP contribution in [0, 0.1) is 5.92 Å². The second-order valence-corrected chi connectivity index (χ2v) is 8.77. The van der Waals surface area contributed by atoms with Crippen molar-refractivity contribution in [1.82, 2.24) is 19.9 Å². The number of hydrogen-bond acceptors (Lipinski definition) is 6. The van der Waals surface area contributed by atoms with Gasteiger partial charge in [-0.25, -0.2) is 4.98 Å². The van der Waals surface area contributed by atoms with Crippen molar-refractivity contribution in [2.75, 3.05) is 20.8 Å². The molecular formula is C28H24N4O4. The molecule has 8 heteroatoms. The van der Waals surface area contributed by atoms with E-state index < -0.39 is 5.92 Å². The summed E-state index contributed by atoms with van der Waals surface area (Å²) in [5.41, 5.74) is 4.44. The van der Waals surface area contributed by atoms with E-state index in [0.29, 0.717) is 23.4 Å². The fourth-order valence-electron chi connectivity index (χ4n) is 5.10. The average molecular weight is 481 g/mol. The topological polar surface area (TPSA) is 113 Å². The molecule has 0 saturated heterocycles. The Morgan fingerprint density at radius 1 is 0.889 bits per heavy atom. The molecule has 180 valence electrons. The summed E-state index contributed by atoms with van der Waals surface area (Å²) in [6.07, 6.45) is 5.35. The van der Waals surface area contributed by atoms with Gasteiger partial charge in [-0.2, -0.15) is 0 Å². The van der Waals surface area contributed by atoms with Crippen molar-refractivity contribution in [1.29, 1.82) is 0 Å². The maximum Gasteiger partial charge on any atom is 0.189 e. The molecule has 4 heterocycles. The van der Waals surface area contributed by atoms with Gasteiger partial charge in [0.25, 0.3) is 0 Å². The van der Waals surface area contributed by atoms with Crippen molar-refractivity contribution in [3.8, 4) is 11.5 Å². The highest BCUT2D eigenvalue weighted by Gasteiger charge is 2.26. The number of ether oxygens (including phenoxy) is 2. The first-order valence-corrected chi connectivity index (χ1v) is 11.6. The van der Waals surface area contributed by atoms with E-state index in [1.54, 1.807) is 32.8 Å². The standard InChI is InChI=1S/C28H24N4O4/c1-35-21-12-29-11-20-23(21)18-8-5-6-15(25(18)32-20)10-16(14-33)28(34)27-26-24(22(36-2)13-30-27)17-7-3-4-9-19(17)31-26/h3-9,11-13,16,31-33H,10,14H2,1-2H3. The minimum atomic E-state index is -0.683. The predicted molar refractivity (Wildman–Crippen MR) is 139 cm³/mol. The van der Waals surface area contributed by atoms with E-state index in [4.69, 9.17) is 9.47 Å². The van der Waals surface area contributed by atoms with Crippen LogP contribution >= 0.6 is 0 Å². The van der Waals surface area contributed by atoms with Crippen LogP contribution in [0.4, 0.5) is 0 Å². The lowest BCUT2D eigenvalue weighted by Gasteiger charge is -2.15. The van der Waals surface area contributed by atoms with Crippen LogP contribution in [0.25, 0.3) is 43.6 Å². The number of aromatic nitrogens is 4. The summed E-state index contributed by atoms with van der Waals surface area (Å²) in [5.74, 6) is 0.348. The van der Waals surface area contributed by atoms with Gasteiger partial charge in [-0.1, -0.05) is 36.4 Å². The number of fused-ring (bicyclic) bond motifs is 6. The predicted octanol–water partition coefficient (Wildman–Crippen LogP) is 4.80. The van der Waals surface area contributed by atoms with Gasteiger partial charge in [0.05, 0.1) is 67.1 Å². The fourth-order valence-corrected chi connectivity index (χ4v) is 5.10. The van der Waals surface area contributed by atoms with Gasteiger partial charge in [0.15, 0.2) is 5.78 Å². The van der Waals surface area contributed by atoms with Gasteiger partial charge in [0, 0.05) is 21.8 Å². The molecule has 6 aromatic rings. The lowest BCUT2D eigenvalue weighted by molar-refractivity contribution is 0.0857. The van der Waals surface area contributed by atoms with Crippen molar-refractivity contribution < 1.29 is 19.4 Å². The minimum Gasteiger partial charge on any atom is -0.494 e. The van der Waals surface area contributed by atoms with Crippen molar-refractivity contribution >= 4 is 49.4 Å². The number of benzene rings is 2. The van der Waals surface area contributed by atoms with E-state index in [0.717, 1.165) is 43.7 Å². The van der Waals surface area contributed by atoms with E-state index in [2.05, 4.69) is 19.9 Å². The van der Waals surface area contributed by atoms with Crippen molar-refractivity contribution in [2.24, 2.45) is 5.92 Å². The van der Waals surface area contributed by atoms with Crippen LogP contribution in [0.2, 0.25) is 0 Å². The molecule has 0 aliphatic heterocycles. The third-order valence-corrected chi connectivity index (χ3v) is 6.82. The third-order valence-electron chi connectivity index (χ3n) is 6.82. The number of aliphatic hydroxyl groups is 1. The van der Waals surface area contributed by atoms with E-state index >= 15 is 0 Å². The Bertz CT molecular complexity index is 1770. The zero-order valence-corrected chi connectivity index (χ0v) is 19.8. The molecule has 8 nitrogen and oxygen atoms in total. The number of nitrogens with zero attached hydrogens (tertiary/aromatic N) is 2. The minimum absolute atomic E-state index is 0.232. The molecule has 3 N–H and O–H groups in total. The Hall–Kier alpha value is -4.43. The number of nitrogens with one attached hydrogen (secondary N) is 2. The van der Waals surface area contributed by atoms with Gasteiger partial charge in [0.2, 0.25) is 0 Å². The van der Waals surface area contributed by atoms with Crippen LogP contribution in [0.5, 0.6) is 11.5 Å². The van der Waals surface area contributed by atoms with Gasteiger partial charge in [0.1, 0.15) is 17.2 Å². The van der Waals surface area contributed by atoms with E-state index in [-0.39, 0.29) is 18.1 Å². The van der Waals surface area contributed by atoms with E-state index in [1.807, 2.05) is 42.5 Å². The van der Waals surface area contributed by atoms with Gasteiger partial charge in [-0.15, -0.1) is 0 Å². The SMILES string of the molecule is COc1cncc2[nH]c3c(CC(CO)C(=O)c4ncc(OC)c5c4[nH]c4ccccc45)cccc3c12. The van der Waals surface area contributed by atoms with E-state index in [1.165, 1.54) is 0 Å². The largest absolute Gasteiger partial charge is 0.494 e. The first kappa shape index (κ1) is 22.1. The number of carbonyl (C=O) groups excluding carboxylic acids is 1. The smallest absolute Gasteiger partial charge is 0.189 e. The molecule has 2 aromatic carbocycles. The van der Waals surface area contributed by atoms with Crippen molar-refractivity contribution in [3.63, 3.8) is 0 Å². The lowest BCUT2D eigenvalue weighted by atomic mass is 9.92. The fraction of sp³-hybridized carbons (Fsp3) is 0.179. The molecule has 1 atom stereocenters. The first-order chi connectivity index (χ1) is 17.6. The summed E-state index contributed by atoms with van der Waals surface area (Å²) < 4.78 is 11.1. The number of H-pyrrole nitrogens is 2. The van der Waals surface area contributed by atoms with Crippen molar-refractivity contribution in [3.05, 3.63) is 72.3 Å². The molecule has 36 heavy (non-hydrogen) atoms. The van der Waals surface area contributed by atoms with E-state index in [9.17, 15) is 9.90 Å². The zero-order chi connectivity index (χ0) is 24.8. The number of aliphatic hydroxyl groups excluding tert-OH is 1. The highest BCUT2D eigenvalue weighted by molar-refractivity contribution is 6.17. The zero-order valence-electron chi connectivity index (χ0n) is 19.8. The molecule has 1 unspecified atom stereocenters. The van der Waals surface area contributed by atoms with Gasteiger partial charge >= 0.3 is 0 Å².